The molecule has 0 saturated heterocycles. The summed E-state index contributed by atoms with van der Waals surface area (Å²) in [7, 11) is 1.54. The molecular weight excluding hydrogens is 322 g/mol. The molecule has 2 rings (SSSR count). The summed E-state index contributed by atoms with van der Waals surface area (Å²) in [6, 6.07) is 6.59. The topological polar surface area (TPSA) is 81.7 Å². The van der Waals surface area contributed by atoms with Crippen LogP contribution >= 0.6 is 0 Å². The molecule has 0 aliphatic heterocycles. The second-order valence-corrected chi connectivity index (χ2v) is 6.28. The molecule has 1 amide bonds. The Hall–Kier alpha value is -2.37. The minimum absolute atomic E-state index is 0.0140. The first-order valence-corrected chi connectivity index (χ1v) is 8.66. The number of nitrogens with one attached hydrogen (secondary N) is 1. The van der Waals surface area contributed by atoms with Gasteiger partial charge in [-0.2, -0.15) is 0 Å². The maximum atomic E-state index is 12.3. The molecule has 136 valence electrons. The third-order valence-corrected chi connectivity index (χ3v) is 4.43. The summed E-state index contributed by atoms with van der Waals surface area (Å²) in [5.74, 6) is -0.384. The van der Waals surface area contributed by atoms with Gasteiger partial charge in [0.25, 0.3) is 0 Å². The van der Waals surface area contributed by atoms with E-state index in [0.29, 0.717) is 11.3 Å². The zero-order valence-electron chi connectivity index (χ0n) is 14.7. The second kappa shape index (κ2) is 9.20. The van der Waals surface area contributed by atoms with E-state index in [2.05, 4.69) is 5.32 Å². The predicted molar refractivity (Wildman–Crippen MR) is 92.5 cm³/mol. The Morgan fingerprint density at radius 3 is 2.36 bits per heavy atom. The van der Waals surface area contributed by atoms with Gasteiger partial charge in [0.1, 0.15) is 12.3 Å². The van der Waals surface area contributed by atoms with Gasteiger partial charge in [0, 0.05) is 11.5 Å². The van der Waals surface area contributed by atoms with E-state index in [9.17, 15) is 14.4 Å². The fourth-order valence-electron chi connectivity index (χ4n) is 2.95. The third kappa shape index (κ3) is 5.59. The Kier molecular flexibility index (Phi) is 6.98. The first kappa shape index (κ1) is 19.0. The Morgan fingerprint density at radius 2 is 1.76 bits per heavy atom. The monoisotopic (exact) mass is 347 g/mol. The van der Waals surface area contributed by atoms with Gasteiger partial charge in [0.2, 0.25) is 11.7 Å². The average Bonchev–Trinajstić information content (AvgIpc) is 2.66. The quantitative estimate of drug-likeness (QED) is 0.605. The minimum Gasteiger partial charge on any atom is -0.497 e. The lowest BCUT2D eigenvalue weighted by molar-refractivity contribution is -0.146. The smallest absolute Gasteiger partial charge is 0.326 e. The molecule has 0 bridgehead atoms. The highest BCUT2D eigenvalue weighted by molar-refractivity contribution is 6.00. The molecule has 0 spiro atoms. The van der Waals surface area contributed by atoms with Crippen molar-refractivity contribution in [3.63, 3.8) is 0 Å². The summed E-state index contributed by atoms with van der Waals surface area (Å²) in [5.41, 5.74) is 0.437. The second-order valence-electron chi connectivity index (χ2n) is 6.28. The van der Waals surface area contributed by atoms with Crippen LogP contribution in [-0.2, 0) is 14.3 Å². The standard InChI is InChI=1S/C19H25NO5/c1-13(18(22)14-8-10-16(24-2)11-9-14)25-17(21)12-20-19(23)15-6-4-3-5-7-15/h8-11,13,15H,3-7,12H2,1-2H3,(H,20,23). The zero-order chi connectivity index (χ0) is 18.2. The van der Waals surface area contributed by atoms with Crippen molar-refractivity contribution >= 4 is 17.7 Å². The number of rotatable bonds is 7. The number of esters is 1. The van der Waals surface area contributed by atoms with Crippen molar-refractivity contribution in [3.05, 3.63) is 29.8 Å². The van der Waals surface area contributed by atoms with Gasteiger partial charge in [-0.3, -0.25) is 14.4 Å². The third-order valence-electron chi connectivity index (χ3n) is 4.43. The molecule has 25 heavy (non-hydrogen) atoms. The van der Waals surface area contributed by atoms with Crippen LogP contribution in [0.1, 0.15) is 49.4 Å². The van der Waals surface area contributed by atoms with Crippen LogP contribution in [0.4, 0.5) is 0 Å². The fraction of sp³-hybridized carbons (Fsp3) is 0.526. The van der Waals surface area contributed by atoms with Crippen molar-refractivity contribution in [2.45, 2.75) is 45.1 Å². The number of carbonyl (C=O) groups excluding carboxylic acids is 3. The predicted octanol–water partition coefficient (Wildman–Crippen LogP) is 2.51. The molecule has 1 fully saturated rings. The van der Waals surface area contributed by atoms with Gasteiger partial charge in [-0.1, -0.05) is 19.3 Å². The summed E-state index contributed by atoms with van der Waals surface area (Å²) in [6.07, 6.45) is 4.09. The van der Waals surface area contributed by atoms with Crippen LogP contribution in [0.25, 0.3) is 0 Å². The van der Waals surface area contributed by atoms with Crippen molar-refractivity contribution in [1.29, 1.82) is 0 Å². The van der Waals surface area contributed by atoms with Gasteiger partial charge in [0.15, 0.2) is 6.10 Å². The van der Waals surface area contributed by atoms with Crippen LogP contribution in [0.3, 0.4) is 0 Å². The molecule has 1 unspecified atom stereocenters. The molecule has 1 aliphatic carbocycles. The van der Waals surface area contributed by atoms with E-state index in [1.54, 1.807) is 31.4 Å². The maximum absolute atomic E-state index is 12.3. The van der Waals surface area contributed by atoms with Crippen molar-refractivity contribution in [2.24, 2.45) is 5.92 Å². The van der Waals surface area contributed by atoms with Gasteiger partial charge < -0.3 is 14.8 Å². The number of hydrogen-bond acceptors (Lipinski definition) is 5. The number of Topliss-reactive ketones (excluding diaryl/α,β-unsaturated/α-hetero) is 1. The van der Waals surface area contributed by atoms with Crippen LogP contribution < -0.4 is 10.1 Å². The first-order chi connectivity index (χ1) is 12.0. The minimum atomic E-state index is -0.910. The molecule has 1 N–H and O–H groups in total. The van der Waals surface area contributed by atoms with E-state index >= 15 is 0 Å². The largest absolute Gasteiger partial charge is 0.497 e. The van der Waals surface area contributed by atoms with E-state index in [0.717, 1.165) is 32.1 Å². The van der Waals surface area contributed by atoms with Crippen LogP contribution in [0.5, 0.6) is 5.75 Å². The Balaban J connectivity index is 1.78. The molecule has 1 saturated carbocycles. The summed E-state index contributed by atoms with van der Waals surface area (Å²) in [6.45, 7) is 1.31. The molecule has 1 aromatic rings. The highest BCUT2D eigenvalue weighted by Crippen LogP contribution is 2.23. The van der Waals surface area contributed by atoms with E-state index < -0.39 is 12.1 Å². The normalized spacial score (nSPS) is 15.9. The maximum Gasteiger partial charge on any atom is 0.326 e. The van der Waals surface area contributed by atoms with Gasteiger partial charge in [-0.25, -0.2) is 0 Å². The molecule has 1 aromatic carbocycles. The summed E-state index contributed by atoms with van der Waals surface area (Å²) < 4.78 is 10.2. The lowest BCUT2D eigenvalue weighted by Crippen LogP contribution is -2.37. The van der Waals surface area contributed by atoms with E-state index in [4.69, 9.17) is 9.47 Å². The highest BCUT2D eigenvalue weighted by atomic mass is 16.5. The summed E-state index contributed by atoms with van der Waals surface area (Å²) in [4.78, 5) is 36.1. The molecule has 6 nitrogen and oxygen atoms in total. The van der Waals surface area contributed by atoms with Crippen LogP contribution in [-0.4, -0.2) is 37.4 Å². The summed E-state index contributed by atoms with van der Waals surface area (Å²) in [5, 5.41) is 2.61. The molecular formula is C19H25NO5. The van der Waals surface area contributed by atoms with Crippen LogP contribution in [0.15, 0.2) is 24.3 Å². The SMILES string of the molecule is COc1ccc(C(=O)C(C)OC(=O)CNC(=O)C2CCCCC2)cc1. The average molecular weight is 347 g/mol. The number of carbonyl (C=O) groups is 3. The van der Waals surface area contributed by atoms with Gasteiger partial charge >= 0.3 is 5.97 Å². The van der Waals surface area contributed by atoms with Crippen molar-refractivity contribution in [1.82, 2.24) is 5.32 Å². The molecule has 6 heteroatoms. The Morgan fingerprint density at radius 1 is 1.12 bits per heavy atom. The van der Waals surface area contributed by atoms with Gasteiger partial charge in [-0.05, 0) is 44.0 Å². The van der Waals surface area contributed by atoms with Crippen LogP contribution in [0.2, 0.25) is 0 Å². The molecule has 1 atom stereocenters. The Bertz CT molecular complexity index is 605. The van der Waals surface area contributed by atoms with E-state index in [-0.39, 0.29) is 24.2 Å². The number of methoxy groups -OCH3 is 1. The van der Waals surface area contributed by atoms with Crippen LogP contribution in [0, 0.1) is 5.92 Å². The van der Waals surface area contributed by atoms with Gasteiger partial charge in [0.05, 0.1) is 7.11 Å². The number of benzene rings is 1. The van der Waals surface area contributed by atoms with Gasteiger partial charge in [-0.15, -0.1) is 0 Å². The molecule has 1 aliphatic rings. The zero-order valence-corrected chi connectivity index (χ0v) is 14.7. The fourth-order valence-corrected chi connectivity index (χ4v) is 2.95. The molecule has 0 radical (unpaired) electrons. The first-order valence-electron chi connectivity index (χ1n) is 8.66. The van der Waals surface area contributed by atoms with Crippen molar-refractivity contribution in [2.75, 3.05) is 13.7 Å². The molecule has 0 aromatic heterocycles. The Labute approximate surface area is 147 Å². The number of ether oxygens (including phenoxy) is 2. The van der Waals surface area contributed by atoms with E-state index in [1.807, 2.05) is 0 Å². The number of amides is 1. The highest BCUT2D eigenvalue weighted by Gasteiger charge is 2.23. The van der Waals surface area contributed by atoms with Crippen molar-refractivity contribution < 1.29 is 23.9 Å². The lowest BCUT2D eigenvalue weighted by atomic mass is 9.89. The van der Waals surface area contributed by atoms with E-state index in [1.165, 1.54) is 6.92 Å². The number of hydrogen-bond donors (Lipinski definition) is 1. The summed E-state index contributed by atoms with van der Waals surface area (Å²) >= 11 is 0. The molecule has 0 heterocycles. The van der Waals surface area contributed by atoms with Crippen molar-refractivity contribution in [3.8, 4) is 5.75 Å². The number of ketones is 1. The lowest BCUT2D eigenvalue weighted by Gasteiger charge is -2.20.